The van der Waals surface area contributed by atoms with Crippen LogP contribution in [-0.2, 0) is 6.42 Å². The quantitative estimate of drug-likeness (QED) is 0.802. The lowest BCUT2D eigenvalue weighted by molar-refractivity contribution is 0.173. The third-order valence-electron chi connectivity index (χ3n) is 3.25. The highest BCUT2D eigenvalue weighted by atomic mass is 35.5. The predicted octanol–water partition coefficient (Wildman–Crippen LogP) is 3.70. The van der Waals surface area contributed by atoms with Gasteiger partial charge in [-0.05, 0) is 23.8 Å². The second-order valence-electron chi connectivity index (χ2n) is 4.72. The fourth-order valence-corrected chi connectivity index (χ4v) is 2.35. The minimum atomic E-state index is -0.888. The van der Waals surface area contributed by atoms with Crippen molar-refractivity contribution >= 4 is 22.6 Å². The molecule has 0 spiro atoms. The van der Waals surface area contributed by atoms with E-state index in [2.05, 4.69) is 9.97 Å². The number of aromatic nitrogens is 2. The largest absolute Gasteiger partial charge is 0.386 e. The fraction of sp³-hybridized carbons (Fsp3) is 0.125. The van der Waals surface area contributed by atoms with Gasteiger partial charge in [-0.2, -0.15) is 0 Å². The van der Waals surface area contributed by atoms with Crippen LogP contribution in [0.5, 0.6) is 0 Å². The summed E-state index contributed by atoms with van der Waals surface area (Å²) in [7, 11) is 0. The van der Waals surface area contributed by atoms with E-state index in [4.69, 9.17) is 11.6 Å². The van der Waals surface area contributed by atoms with Gasteiger partial charge >= 0.3 is 0 Å². The zero-order valence-corrected chi connectivity index (χ0v) is 11.8. The zero-order chi connectivity index (χ0) is 14.8. The van der Waals surface area contributed by atoms with Crippen molar-refractivity contribution in [1.82, 2.24) is 9.97 Å². The van der Waals surface area contributed by atoms with Crippen LogP contribution in [0.2, 0.25) is 5.02 Å². The molecule has 3 rings (SSSR count). The van der Waals surface area contributed by atoms with Crippen molar-refractivity contribution < 1.29 is 9.50 Å². The average Bonchev–Trinajstić information content (AvgIpc) is 2.51. The molecule has 0 fully saturated rings. The molecule has 106 valence electrons. The number of aliphatic hydroxyl groups is 1. The van der Waals surface area contributed by atoms with Crippen molar-refractivity contribution in [3.05, 3.63) is 70.8 Å². The summed E-state index contributed by atoms with van der Waals surface area (Å²) in [5.74, 6) is -0.494. The number of hydrogen-bond acceptors (Lipinski definition) is 3. The lowest BCUT2D eigenvalue weighted by Crippen LogP contribution is -2.06. The van der Waals surface area contributed by atoms with E-state index in [0.29, 0.717) is 16.8 Å². The second kappa shape index (κ2) is 5.76. The Morgan fingerprint density at radius 3 is 2.67 bits per heavy atom. The molecule has 3 aromatic rings. The molecule has 0 saturated heterocycles. The minimum Gasteiger partial charge on any atom is -0.386 e. The van der Waals surface area contributed by atoms with Crippen LogP contribution < -0.4 is 0 Å². The molecule has 0 saturated carbocycles. The SMILES string of the molecule is OC(Cc1cccc(F)c1Cl)c1cnc2ccccc2n1. The van der Waals surface area contributed by atoms with Gasteiger partial charge < -0.3 is 5.11 Å². The van der Waals surface area contributed by atoms with E-state index in [1.165, 1.54) is 12.3 Å². The first-order valence-corrected chi connectivity index (χ1v) is 6.85. The molecule has 1 unspecified atom stereocenters. The number of hydrogen-bond donors (Lipinski definition) is 1. The number of fused-ring (bicyclic) bond motifs is 1. The molecule has 0 aliphatic carbocycles. The van der Waals surface area contributed by atoms with Crippen molar-refractivity contribution in [2.45, 2.75) is 12.5 Å². The highest BCUT2D eigenvalue weighted by molar-refractivity contribution is 6.31. The molecule has 0 aliphatic rings. The van der Waals surface area contributed by atoms with E-state index in [9.17, 15) is 9.50 Å². The Hall–Kier alpha value is -2.04. The Morgan fingerprint density at radius 2 is 1.86 bits per heavy atom. The summed E-state index contributed by atoms with van der Waals surface area (Å²) in [6, 6.07) is 11.9. The van der Waals surface area contributed by atoms with E-state index in [1.54, 1.807) is 12.1 Å². The van der Waals surface area contributed by atoms with Crippen LogP contribution in [0, 0.1) is 5.82 Å². The standard InChI is InChI=1S/C16H12ClFN2O/c17-16-10(4-3-5-11(16)18)8-15(21)14-9-19-12-6-1-2-7-13(12)20-14/h1-7,9,15,21H,8H2. The number of para-hydroxylation sites is 2. The van der Waals surface area contributed by atoms with Gasteiger partial charge in [0.1, 0.15) is 11.9 Å². The number of aliphatic hydroxyl groups excluding tert-OH is 1. The minimum absolute atomic E-state index is 0.0327. The molecule has 3 nitrogen and oxygen atoms in total. The highest BCUT2D eigenvalue weighted by Gasteiger charge is 2.15. The third kappa shape index (κ3) is 2.86. The van der Waals surface area contributed by atoms with Crippen molar-refractivity contribution in [2.24, 2.45) is 0 Å². The van der Waals surface area contributed by atoms with E-state index >= 15 is 0 Å². The first-order valence-electron chi connectivity index (χ1n) is 6.48. The summed E-state index contributed by atoms with van der Waals surface area (Å²) < 4.78 is 13.4. The summed E-state index contributed by atoms with van der Waals surface area (Å²) in [6.45, 7) is 0. The van der Waals surface area contributed by atoms with Gasteiger partial charge in [0.15, 0.2) is 0 Å². The predicted molar refractivity (Wildman–Crippen MR) is 79.6 cm³/mol. The molecule has 0 radical (unpaired) electrons. The second-order valence-corrected chi connectivity index (χ2v) is 5.09. The first-order chi connectivity index (χ1) is 10.1. The lowest BCUT2D eigenvalue weighted by atomic mass is 10.1. The molecule has 0 aliphatic heterocycles. The summed E-state index contributed by atoms with van der Waals surface area (Å²) >= 11 is 5.90. The van der Waals surface area contributed by atoms with Gasteiger partial charge in [0.25, 0.3) is 0 Å². The average molecular weight is 303 g/mol. The maximum absolute atomic E-state index is 13.4. The summed E-state index contributed by atoms with van der Waals surface area (Å²) in [6.07, 6.45) is 0.825. The molecule has 21 heavy (non-hydrogen) atoms. The van der Waals surface area contributed by atoms with Gasteiger partial charge in [-0.1, -0.05) is 35.9 Å². The molecule has 1 aromatic heterocycles. The molecule has 2 aromatic carbocycles. The van der Waals surface area contributed by atoms with Crippen LogP contribution in [0.3, 0.4) is 0 Å². The number of benzene rings is 2. The van der Waals surface area contributed by atoms with E-state index in [0.717, 1.165) is 5.52 Å². The van der Waals surface area contributed by atoms with E-state index < -0.39 is 11.9 Å². The van der Waals surface area contributed by atoms with Gasteiger partial charge in [0.05, 0.1) is 27.9 Å². The summed E-state index contributed by atoms with van der Waals surface area (Å²) in [5, 5.41) is 10.3. The topological polar surface area (TPSA) is 46.0 Å². The van der Waals surface area contributed by atoms with Gasteiger partial charge in [-0.3, -0.25) is 4.98 Å². The molecular weight excluding hydrogens is 291 g/mol. The Morgan fingerprint density at radius 1 is 1.10 bits per heavy atom. The maximum atomic E-state index is 13.4. The Kier molecular flexibility index (Phi) is 3.82. The van der Waals surface area contributed by atoms with Gasteiger partial charge in [0, 0.05) is 6.42 Å². The fourth-order valence-electron chi connectivity index (χ4n) is 2.15. The Labute approximate surface area is 126 Å². The van der Waals surface area contributed by atoms with Crippen LogP contribution in [-0.4, -0.2) is 15.1 Å². The Balaban J connectivity index is 1.89. The normalized spacial score (nSPS) is 12.5. The van der Waals surface area contributed by atoms with Gasteiger partial charge in [-0.25, -0.2) is 9.37 Å². The van der Waals surface area contributed by atoms with Crippen molar-refractivity contribution in [2.75, 3.05) is 0 Å². The number of rotatable bonds is 3. The third-order valence-corrected chi connectivity index (χ3v) is 3.68. The van der Waals surface area contributed by atoms with Crippen LogP contribution in [0.4, 0.5) is 4.39 Å². The lowest BCUT2D eigenvalue weighted by Gasteiger charge is -2.12. The summed E-state index contributed by atoms with van der Waals surface area (Å²) in [5.41, 5.74) is 2.45. The van der Waals surface area contributed by atoms with E-state index in [-0.39, 0.29) is 11.4 Å². The molecule has 0 bridgehead atoms. The molecular formula is C16H12ClFN2O. The highest BCUT2D eigenvalue weighted by Crippen LogP contribution is 2.25. The van der Waals surface area contributed by atoms with Crippen molar-refractivity contribution in [3.63, 3.8) is 0 Å². The van der Waals surface area contributed by atoms with E-state index in [1.807, 2.05) is 24.3 Å². The van der Waals surface area contributed by atoms with Gasteiger partial charge in [-0.15, -0.1) is 0 Å². The molecule has 1 heterocycles. The molecule has 0 amide bonds. The summed E-state index contributed by atoms with van der Waals surface area (Å²) in [4.78, 5) is 8.63. The molecule has 1 atom stereocenters. The first kappa shape index (κ1) is 13.9. The van der Waals surface area contributed by atoms with Crippen LogP contribution in [0.1, 0.15) is 17.4 Å². The van der Waals surface area contributed by atoms with Crippen LogP contribution in [0.15, 0.2) is 48.7 Å². The maximum Gasteiger partial charge on any atom is 0.142 e. The number of halogens is 2. The monoisotopic (exact) mass is 302 g/mol. The Bertz CT molecular complexity index is 794. The zero-order valence-electron chi connectivity index (χ0n) is 11.0. The molecule has 5 heteroatoms. The smallest absolute Gasteiger partial charge is 0.142 e. The molecule has 1 N–H and O–H groups in total. The van der Waals surface area contributed by atoms with Crippen molar-refractivity contribution in [1.29, 1.82) is 0 Å². The van der Waals surface area contributed by atoms with Crippen LogP contribution >= 0.6 is 11.6 Å². The van der Waals surface area contributed by atoms with Crippen LogP contribution in [0.25, 0.3) is 11.0 Å². The number of nitrogens with zero attached hydrogens (tertiary/aromatic N) is 2. The van der Waals surface area contributed by atoms with Gasteiger partial charge in [0.2, 0.25) is 0 Å². The van der Waals surface area contributed by atoms with Crippen molar-refractivity contribution in [3.8, 4) is 0 Å².